The SMILES string of the molecule is COC[C@@H](C)NC(=O)[C@@H](NC(=O)c1ccc(-c2ccc(NC(=O)c3cccc(C)n3)cc2)o1)C1CCCCC1. The van der Waals surface area contributed by atoms with Gasteiger partial charge in [-0.1, -0.05) is 25.3 Å². The average molecular weight is 533 g/mol. The largest absolute Gasteiger partial charge is 0.451 e. The summed E-state index contributed by atoms with van der Waals surface area (Å²) in [6.45, 7) is 4.10. The Morgan fingerprint density at radius 2 is 1.72 bits per heavy atom. The van der Waals surface area contributed by atoms with E-state index in [0.29, 0.717) is 23.7 Å². The molecule has 4 rings (SSSR count). The Kier molecular flexibility index (Phi) is 9.49. The number of rotatable bonds is 10. The maximum absolute atomic E-state index is 13.1. The number of benzene rings is 1. The minimum absolute atomic E-state index is 0.0737. The fraction of sp³-hybridized carbons (Fsp3) is 0.400. The standard InChI is InChI=1S/C30H36N4O5/c1-19-8-7-11-24(31-19)28(35)33-23-14-12-21(13-15-23)25-16-17-26(39-25)29(36)34-27(22-9-5-4-6-10-22)30(37)32-20(2)18-38-3/h7-8,11-17,20,22,27H,4-6,9-10,18H2,1-3H3,(H,32,37)(H,33,35)(H,34,36)/t20-,27+/m1/s1. The van der Waals surface area contributed by atoms with Gasteiger partial charge in [0.1, 0.15) is 17.5 Å². The lowest BCUT2D eigenvalue weighted by molar-refractivity contribution is -0.125. The van der Waals surface area contributed by atoms with Gasteiger partial charge in [0.25, 0.3) is 11.8 Å². The normalized spacial score (nSPS) is 15.3. The third-order valence-electron chi connectivity index (χ3n) is 6.87. The lowest BCUT2D eigenvalue weighted by atomic mass is 9.83. The molecule has 9 nitrogen and oxygen atoms in total. The summed E-state index contributed by atoms with van der Waals surface area (Å²) in [5.74, 6) is -0.218. The van der Waals surface area contributed by atoms with E-state index in [1.165, 1.54) is 0 Å². The van der Waals surface area contributed by atoms with E-state index in [1.54, 1.807) is 55.6 Å². The topological polar surface area (TPSA) is 123 Å². The zero-order chi connectivity index (χ0) is 27.8. The number of aromatic nitrogens is 1. The molecule has 3 aromatic rings. The van der Waals surface area contributed by atoms with Crippen LogP contribution in [0.4, 0.5) is 5.69 Å². The maximum Gasteiger partial charge on any atom is 0.287 e. The molecule has 39 heavy (non-hydrogen) atoms. The maximum atomic E-state index is 13.1. The number of hydrogen-bond donors (Lipinski definition) is 3. The molecular weight excluding hydrogens is 496 g/mol. The first-order valence-corrected chi connectivity index (χ1v) is 13.4. The molecule has 9 heteroatoms. The van der Waals surface area contributed by atoms with E-state index >= 15 is 0 Å². The molecule has 1 fully saturated rings. The zero-order valence-electron chi connectivity index (χ0n) is 22.7. The molecule has 1 saturated carbocycles. The van der Waals surface area contributed by atoms with Crippen LogP contribution >= 0.6 is 0 Å². The molecule has 0 saturated heterocycles. The Hall–Kier alpha value is -3.98. The van der Waals surface area contributed by atoms with Crippen molar-refractivity contribution in [1.29, 1.82) is 0 Å². The van der Waals surface area contributed by atoms with Gasteiger partial charge in [0.05, 0.1) is 6.61 Å². The molecule has 1 aromatic carbocycles. The Labute approximate surface area is 228 Å². The predicted octanol–water partition coefficient (Wildman–Crippen LogP) is 4.73. The van der Waals surface area contributed by atoms with E-state index in [0.717, 1.165) is 43.4 Å². The average Bonchev–Trinajstić information content (AvgIpc) is 3.43. The number of carbonyl (C=O) groups excluding carboxylic acids is 3. The molecule has 3 amide bonds. The van der Waals surface area contributed by atoms with E-state index in [-0.39, 0.29) is 29.5 Å². The minimum Gasteiger partial charge on any atom is -0.451 e. The highest BCUT2D eigenvalue weighted by Gasteiger charge is 2.32. The van der Waals surface area contributed by atoms with Crippen molar-refractivity contribution in [3.8, 4) is 11.3 Å². The number of pyridine rings is 1. The first-order chi connectivity index (χ1) is 18.8. The van der Waals surface area contributed by atoms with Crippen molar-refractivity contribution in [2.75, 3.05) is 19.0 Å². The number of hydrogen-bond acceptors (Lipinski definition) is 6. The van der Waals surface area contributed by atoms with Crippen molar-refractivity contribution in [2.24, 2.45) is 5.92 Å². The number of methoxy groups -OCH3 is 1. The van der Waals surface area contributed by atoms with Gasteiger partial charge < -0.3 is 25.1 Å². The van der Waals surface area contributed by atoms with Crippen LogP contribution in [0.1, 0.15) is 65.8 Å². The van der Waals surface area contributed by atoms with Crippen LogP contribution in [0.25, 0.3) is 11.3 Å². The third-order valence-corrected chi connectivity index (χ3v) is 6.87. The van der Waals surface area contributed by atoms with Gasteiger partial charge in [-0.2, -0.15) is 0 Å². The van der Waals surface area contributed by atoms with Gasteiger partial charge in [0, 0.05) is 30.1 Å². The highest BCUT2D eigenvalue weighted by Crippen LogP contribution is 2.28. The number of ether oxygens (including phenoxy) is 1. The summed E-state index contributed by atoms with van der Waals surface area (Å²) in [6, 6.07) is 14.9. The van der Waals surface area contributed by atoms with Crippen LogP contribution in [0.15, 0.2) is 59.0 Å². The molecule has 0 bridgehead atoms. The number of carbonyl (C=O) groups is 3. The Morgan fingerprint density at radius 3 is 2.41 bits per heavy atom. The number of furan rings is 1. The molecule has 0 unspecified atom stereocenters. The molecule has 1 aliphatic carbocycles. The Morgan fingerprint density at radius 1 is 0.974 bits per heavy atom. The van der Waals surface area contributed by atoms with Crippen LogP contribution in [0, 0.1) is 12.8 Å². The predicted molar refractivity (Wildman–Crippen MR) is 148 cm³/mol. The van der Waals surface area contributed by atoms with E-state index in [4.69, 9.17) is 9.15 Å². The summed E-state index contributed by atoms with van der Waals surface area (Å²) >= 11 is 0. The number of aryl methyl sites for hydroxylation is 1. The van der Waals surface area contributed by atoms with E-state index < -0.39 is 11.9 Å². The van der Waals surface area contributed by atoms with Crippen LogP contribution in [-0.4, -0.2) is 48.5 Å². The summed E-state index contributed by atoms with van der Waals surface area (Å²) in [6.07, 6.45) is 5.01. The molecule has 0 radical (unpaired) electrons. The van der Waals surface area contributed by atoms with Gasteiger partial charge >= 0.3 is 0 Å². The van der Waals surface area contributed by atoms with Gasteiger partial charge in [-0.3, -0.25) is 14.4 Å². The summed E-state index contributed by atoms with van der Waals surface area (Å²) in [5, 5.41) is 8.71. The molecule has 206 valence electrons. The van der Waals surface area contributed by atoms with Crippen molar-refractivity contribution < 1.29 is 23.5 Å². The van der Waals surface area contributed by atoms with Crippen molar-refractivity contribution in [1.82, 2.24) is 15.6 Å². The fourth-order valence-electron chi connectivity index (χ4n) is 4.90. The van der Waals surface area contributed by atoms with Gasteiger partial charge in [0.2, 0.25) is 5.91 Å². The van der Waals surface area contributed by atoms with Crippen LogP contribution in [0.5, 0.6) is 0 Å². The number of nitrogens with one attached hydrogen (secondary N) is 3. The van der Waals surface area contributed by atoms with Gasteiger partial charge in [-0.05, 0) is 81.1 Å². The highest BCUT2D eigenvalue weighted by molar-refractivity contribution is 6.03. The van der Waals surface area contributed by atoms with Crippen molar-refractivity contribution in [3.63, 3.8) is 0 Å². The molecule has 0 aliphatic heterocycles. The number of anilines is 1. The molecule has 1 aliphatic rings. The smallest absolute Gasteiger partial charge is 0.287 e. The molecule has 2 atom stereocenters. The van der Waals surface area contributed by atoms with Crippen molar-refractivity contribution >= 4 is 23.4 Å². The van der Waals surface area contributed by atoms with Gasteiger partial charge in [-0.25, -0.2) is 4.98 Å². The lowest BCUT2D eigenvalue weighted by Gasteiger charge is -2.30. The first-order valence-electron chi connectivity index (χ1n) is 13.4. The summed E-state index contributed by atoms with van der Waals surface area (Å²) < 4.78 is 11.0. The first kappa shape index (κ1) is 28.0. The Bertz CT molecular complexity index is 1280. The van der Waals surface area contributed by atoms with Crippen LogP contribution in [0.2, 0.25) is 0 Å². The zero-order valence-corrected chi connectivity index (χ0v) is 22.7. The van der Waals surface area contributed by atoms with Crippen molar-refractivity contribution in [2.45, 2.75) is 58.0 Å². The summed E-state index contributed by atoms with van der Waals surface area (Å²) in [7, 11) is 1.59. The third kappa shape index (κ3) is 7.54. The minimum atomic E-state index is -0.642. The van der Waals surface area contributed by atoms with Crippen LogP contribution < -0.4 is 16.0 Å². The Balaban J connectivity index is 1.41. The highest BCUT2D eigenvalue weighted by atomic mass is 16.5. The number of nitrogens with zero attached hydrogens (tertiary/aromatic N) is 1. The quantitative estimate of drug-likeness (QED) is 0.347. The molecular formula is C30H36N4O5. The summed E-state index contributed by atoms with van der Waals surface area (Å²) in [4.78, 5) is 42.9. The van der Waals surface area contributed by atoms with Crippen LogP contribution in [-0.2, 0) is 9.53 Å². The second-order valence-electron chi connectivity index (χ2n) is 10.1. The van der Waals surface area contributed by atoms with E-state index in [2.05, 4.69) is 20.9 Å². The molecule has 0 spiro atoms. The van der Waals surface area contributed by atoms with E-state index in [1.807, 2.05) is 19.9 Å². The molecule has 2 aromatic heterocycles. The van der Waals surface area contributed by atoms with Gasteiger partial charge in [-0.15, -0.1) is 0 Å². The van der Waals surface area contributed by atoms with Crippen LogP contribution in [0.3, 0.4) is 0 Å². The number of amides is 3. The van der Waals surface area contributed by atoms with Crippen molar-refractivity contribution in [3.05, 3.63) is 71.7 Å². The second-order valence-corrected chi connectivity index (χ2v) is 10.1. The molecule has 3 N–H and O–H groups in total. The monoisotopic (exact) mass is 532 g/mol. The fourth-order valence-corrected chi connectivity index (χ4v) is 4.90. The lowest BCUT2D eigenvalue weighted by Crippen LogP contribution is -2.53. The second kappa shape index (κ2) is 13.2. The molecule has 2 heterocycles. The van der Waals surface area contributed by atoms with Gasteiger partial charge in [0.15, 0.2) is 5.76 Å². The summed E-state index contributed by atoms with van der Waals surface area (Å²) in [5.41, 5.74) is 2.47. The van der Waals surface area contributed by atoms with E-state index in [9.17, 15) is 14.4 Å².